The number of primary sulfonamides is 1. The number of aromatic amines is 1. The van der Waals surface area contributed by atoms with Crippen molar-refractivity contribution in [3.63, 3.8) is 0 Å². The highest BCUT2D eigenvalue weighted by atomic mass is 35.5. The van der Waals surface area contributed by atoms with Crippen LogP contribution in [0.15, 0.2) is 47.4 Å². The van der Waals surface area contributed by atoms with Crippen LogP contribution in [0.5, 0.6) is 0 Å². The number of nitrogens with zero attached hydrogens (tertiary/aromatic N) is 1. The predicted molar refractivity (Wildman–Crippen MR) is 118 cm³/mol. The van der Waals surface area contributed by atoms with Crippen LogP contribution in [0.3, 0.4) is 0 Å². The highest BCUT2D eigenvalue weighted by Gasteiger charge is 2.34. The van der Waals surface area contributed by atoms with Crippen LogP contribution in [0.25, 0.3) is 10.8 Å². The number of H-pyrrole nitrogens is 1. The van der Waals surface area contributed by atoms with Crippen LogP contribution >= 0.6 is 11.6 Å². The molecule has 0 saturated carbocycles. The highest BCUT2D eigenvalue weighted by molar-refractivity contribution is 7.89. The molecule has 170 valence electrons. The number of anilines is 1. The largest absolute Gasteiger partial charge is 0.328 e. The molecule has 8 nitrogen and oxygen atoms in total. The summed E-state index contributed by atoms with van der Waals surface area (Å²) in [7, 11) is -4.23. The van der Waals surface area contributed by atoms with E-state index in [0.717, 1.165) is 29.2 Å². The minimum Gasteiger partial charge on any atom is -0.328 e. The van der Waals surface area contributed by atoms with E-state index >= 15 is 0 Å². The molecular formula is C20H19ClF2N4O4S. The summed E-state index contributed by atoms with van der Waals surface area (Å²) in [5, 5.41) is 6.39. The standard InChI is InChI=1S/C20H19ClF2N4O4S/c1-10(16-9-25-19(28)15-7-12(22)3-5-14(15)16)27(11(2)32(24,30)31)20(29)26-13-4-6-18(23)17(21)8-13/h3-11H,1-2H3,(H,25,28)(H,26,29)(H2,24,30,31). The summed E-state index contributed by atoms with van der Waals surface area (Å²) in [6.45, 7) is 2.74. The van der Waals surface area contributed by atoms with Gasteiger partial charge in [0.05, 0.1) is 16.5 Å². The van der Waals surface area contributed by atoms with E-state index < -0.39 is 44.7 Å². The predicted octanol–water partition coefficient (Wildman–Crippen LogP) is 3.69. The average Bonchev–Trinajstić information content (AvgIpc) is 2.70. The fourth-order valence-corrected chi connectivity index (χ4v) is 4.10. The number of pyridine rings is 1. The molecule has 0 aliphatic heterocycles. The zero-order chi connectivity index (χ0) is 23.8. The highest BCUT2D eigenvalue weighted by Crippen LogP contribution is 2.30. The Hall–Kier alpha value is -3.02. The molecule has 1 aromatic heterocycles. The smallest absolute Gasteiger partial charge is 0.323 e. The molecule has 2 unspecified atom stereocenters. The Morgan fingerprint density at radius 1 is 1.16 bits per heavy atom. The molecule has 0 radical (unpaired) electrons. The van der Waals surface area contributed by atoms with Gasteiger partial charge in [-0.15, -0.1) is 0 Å². The van der Waals surface area contributed by atoms with Gasteiger partial charge in [0.1, 0.15) is 17.0 Å². The molecule has 0 aliphatic carbocycles. The van der Waals surface area contributed by atoms with Gasteiger partial charge in [-0.3, -0.25) is 9.69 Å². The van der Waals surface area contributed by atoms with Crippen molar-refractivity contribution in [3.8, 4) is 0 Å². The normalized spacial score (nSPS) is 13.6. The Balaban J connectivity index is 2.09. The van der Waals surface area contributed by atoms with E-state index in [4.69, 9.17) is 16.7 Å². The molecule has 3 rings (SSSR count). The van der Waals surface area contributed by atoms with Crippen molar-refractivity contribution >= 4 is 44.1 Å². The van der Waals surface area contributed by atoms with Crippen molar-refractivity contribution in [1.29, 1.82) is 0 Å². The van der Waals surface area contributed by atoms with Gasteiger partial charge in [0.25, 0.3) is 5.56 Å². The van der Waals surface area contributed by atoms with Crippen molar-refractivity contribution in [2.24, 2.45) is 5.14 Å². The van der Waals surface area contributed by atoms with Gasteiger partial charge in [-0.25, -0.2) is 27.1 Å². The zero-order valence-corrected chi connectivity index (χ0v) is 18.5. The molecule has 2 amide bonds. The number of amides is 2. The summed E-state index contributed by atoms with van der Waals surface area (Å²) in [6.07, 6.45) is 1.32. The zero-order valence-electron chi connectivity index (χ0n) is 16.9. The average molecular weight is 485 g/mol. The summed E-state index contributed by atoms with van der Waals surface area (Å²) in [5.41, 5.74) is -0.0806. The number of carbonyl (C=O) groups is 1. The lowest BCUT2D eigenvalue weighted by molar-refractivity contribution is 0.187. The second-order valence-corrected chi connectivity index (χ2v) is 9.36. The molecule has 1 heterocycles. The monoisotopic (exact) mass is 484 g/mol. The van der Waals surface area contributed by atoms with Crippen molar-refractivity contribution in [2.45, 2.75) is 25.3 Å². The maximum Gasteiger partial charge on any atom is 0.323 e. The van der Waals surface area contributed by atoms with Crippen LogP contribution < -0.4 is 16.0 Å². The molecule has 0 saturated heterocycles. The van der Waals surface area contributed by atoms with Gasteiger partial charge in [0.2, 0.25) is 10.0 Å². The van der Waals surface area contributed by atoms with E-state index in [0.29, 0.717) is 10.9 Å². The molecule has 0 spiro atoms. The summed E-state index contributed by atoms with van der Waals surface area (Å²) >= 11 is 5.74. The number of nitrogens with two attached hydrogens (primary N) is 1. The maximum absolute atomic E-state index is 13.7. The molecule has 12 heteroatoms. The quantitative estimate of drug-likeness (QED) is 0.510. The Labute approximate surface area is 187 Å². The van der Waals surface area contributed by atoms with E-state index in [-0.39, 0.29) is 16.1 Å². The minimum absolute atomic E-state index is 0.0308. The molecular weight excluding hydrogens is 466 g/mol. The van der Waals surface area contributed by atoms with Gasteiger partial charge < -0.3 is 10.3 Å². The van der Waals surface area contributed by atoms with E-state index in [1.165, 1.54) is 32.2 Å². The minimum atomic E-state index is -4.23. The molecule has 4 N–H and O–H groups in total. The van der Waals surface area contributed by atoms with Gasteiger partial charge in [-0.1, -0.05) is 17.7 Å². The van der Waals surface area contributed by atoms with Gasteiger partial charge in [0, 0.05) is 11.9 Å². The fraction of sp³-hybridized carbons (Fsp3) is 0.200. The Morgan fingerprint density at radius 3 is 2.47 bits per heavy atom. The topological polar surface area (TPSA) is 125 Å². The van der Waals surface area contributed by atoms with Gasteiger partial charge >= 0.3 is 6.03 Å². The van der Waals surface area contributed by atoms with Crippen LogP contribution in [0, 0.1) is 11.6 Å². The number of halogens is 3. The van der Waals surface area contributed by atoms with Crippen molar-refractivity contribution in [3.05, 3.63) is 75.2 Å². The van der Waals surface area contributed by atoms with Crippen LogP contribution in [0.2, 0.25) is 5.02 Å². The van der Waals surface area contributed by atoms with Crippen LogP contribution in [-0.4, -0.2) is 29.7 Å². The van der Waals surface area contributed by atoms with Crippen molar-refractivity contribution in [1.82, 2.24) is 9.88 Å². The lowest BCUT2D eigenvalue weighted by atomic mass is 10.0. The SMILES string of the molecule is CC(c1c[nH]c(=O)c2cc(F)ccc12)N(C(=O)Nc1ccc(F)c(Cl)c1)C(C)S(N)(=O)=O. The molecule has 0 fully saturated rings. The van der Waals surface area contributed by atoms with Gasteiger partial charge in [0.15, 0.2) is 0 Å². The second kappa shape index (κ2) is 8.85. The summed E-state index contributed by atoms with van der Waals surface area (Å²) < 4.78 is 51.3. The Kier molecular flexibility index (Phi) is 6.54. The van der Waals surface area contributed by atoms with E-state index in [1.807, 2.05) is 0 Å². The molecule has 3 aromatic rings. The summed E-state index contributed by atoms with van der Waals surface area (Å²) in [6, 6.07) is 5.19. The van der Waals surface area contributed by atoms with Crippen LogP contribution in [0.4, 0.5) is 19.3 Å². The number of sulfonamides is 1. The fourth-order valence-electron chi connectivity index (χ4n) is 3.33. The lowest BCUT2D eigenvalue weighted by Gasteiger charge is -2.34. The first-order chi connectivity index (χ1) is 14.9. The summed E-state index contributed by atoms with van der Waals surface area (Å²) in [5.74, 6) is -1.33. The van der Waals surface area contributed by atoms with Crippen molar-refractivity contribution < 1.29 is 22.0 Å². The number of nitrogens with one attached hydrogen (secondary N) is 2. The lowest BCUT2D eigenvalue weighted by Crippen LogP contribution is -2.48. The number of carbonyl (C=O) groups excluding carboxylic acids is 1. The second-order valence-electron chi connectivity index (χ2n) is 7.09. The van der Waals surface area contributed by atoms with Crippen LogP contribution in [0.1, 0.15) is 25.5 Å². The first-order valence-electron chi connectivity index (χ1n) is 9.27. The molecule has 2 atom stereocenters. The molecule has 32 heavy (non-hydrogen) atoms. The number of hydrogen-bond donors (Lipinski definition) is 3. The number of rotatable bonds is 5. The van der Waals surface area contributed by atoms with Crippen LogP contribution in [-0.2, 0) is 10.0 Å². The van der Waals surface area contributed by atoms with Crippen molar-refractivity contribution in [2.75, 3.05) is 5.32 Å². The molecule has 2 aromatic carbocycles. The third-order valence-electron chi connectivity index (χ3n) is 5.04. The van der Waals surface area contributed by atoms with E-state index in [2.05, 4.69) is 10.3 Å². The number of aromatic nitrogens is 1. The number of hydrogen-bond acceptors (Lipinski definition) is 4. The third-order valence-corrected chi connectivity index (χ3v) is 6.50. The first kappa shape index (κ1) is 23.6. The van der Waals surface area contributed by atoms with E-state index in [1.54, 1.807) is 0 Å². The first-order valence-corrected chi connectivity index (χ1v) is 11.3. The van der Waals surface area contributed by atoms with Gasteiger partial charge in [-0.2, -0.15) is 0 Å². The summed E-state index contributed by atoms with van der Waals surface area (Å²) in [4.78, 5) is 28.6. The molecule has 0 bridgehead atoms. The molecule has 0 aliphatic rings. The third kappa shape index (κ3) is 4.74. The maximum atomic E-state index is 13.7. The number of fused-ring (bicyclic) bond motifs is 1. The Bertz CT molecular complexity index is 1360. The Morgan fingerprint density at radius 2 is 1.84 bits per heavy atom. The number of benzene rings is 2. The van der Waals surface area contributed by atoms with E-state index in [9.17, 15) is 26.8 Å². The van der Waals surface area contributed by atoms with Gasteiger partial charge in [-0.05, 0) is 55.1 Å². The number of urea groups is 1.